The number of hydrogen-bond acceptors (Lipinski definition) is 4. The Hall–Kier alpha value is -0.585. The van der Waals surface area contributed by atoms with Gasteiger partial charge in [-0.25, -0.2) is 0 Å². The summed E-state index contributed by atoms with van der Waals surface area (Å²) in [5, 5.41) is 21.1. The number of hydrogen-bond donors (Lipinski definition) is 3. The quantitative estimate of drug-likeness (QED) is 0.525. The third kappa shape index (κ3) is 4.51. The summed E-state index contributed by atoms with van der Waals surface area (Å²) < 4.78 is 0. The summed E-state index contributed by atoms with van der Waals surface area (Å²) in [6.45, 7) is 7.65. The van der Waals surface area contributed by atoms with Crippen LogP contribution in [-0.4, -0.2) is 53.2 Å². The molecule has 0 radical (unpaired) electrons. The van der Waals surface area contributed by atoms with E-state index in [9.17, 15) is 9.82 Å². The second-order valence-corrected chi connectivity index (χ2v) is 3.96. The zero-order chi connectivity index (χ0) is 12.7. The van der Waals surface area contributed by atoms with E-state index in [1.54, 1.807) is 18.6 Å². The summed E-state index contributed by atoms with van der Waals surface area (Å²) >= 11 is 0. The van der Waals surface area contributed by atoms with Gasteiger partial charge < -0.3 is 20.3 Å². The van der Waals surface area contributed by atoms with Crippen LogP contribution in [0.15, 0.2) is 0 Å². The molecule has 0 aliphatic heterocycles. The van der Waals surface area contributed by atoms with Crippen LogP contribution < -0.4 is 5.23 Å². The third-order valence-electron chi connectivity index (χ3n) is 2.57. The summed E-state index contributed by atoms with van der Waals surface area (Å²) in [5.41, 5.74) is 0. The Balaban J connectivity index is 4.56. The van der Waals surface area contributed by atoms with Gasteiger partial charge in [0, 0.05) is 6.54 Å². The van der Waals surface area contributed by atoms with E-state index >= 15 is 0 Å². The van der Waals surface area contributed by atoms with Crippen LogP contribution in [0, 0.1) is 0 Å². The summed E-state index contributed by atoms with van der Waals surface area (Å²) in [6.07, 6.45) is 0.610. The first-order valence-corrected chi connectivity index (χ1v) is 5.83. The van der Waals surface area contributed by atoms with E-state index in [1.807, 2.05) is 13.8 Å². The number of nitrogens with one attached hydrogen (secondary N) is 1. The Bertz CT molecular complexity index is 214. The molecule has 94 valence electrons. The lowest BCUT2D eigenvalue weighted by molar-refractivity contribution is -0.135. The Labute approximate surface area is 98.0 Å². The monoisotopic (exact) mass is 230 g/mol. The highest BCUT2D eigenvalue weighted by Gasteiger charge is 2.26. The summed E-state index contributed by atoms with van der Waals surface area (Å²) in [5.74, 6) is -0.0764. The molecule has 0 unspecified atom stereocenters. The molecule has 0 fully saturated rings. The second-order valence-electron chi connectivity index (χ2n) is 3.96. The zero-order valence-electron chi connectivity index (χ0n) is 10.6. The molecule has 16 heavy (non-hydrogen) atoms. The first-order valence-electron chi connectivity index (χ1n) is 5.83. The van der Waals surface area contributed by atoms with Gasteiger partial charge in [-0.3, -0.25) is 4.79 Å². The molecule has 6 heteroatoms. The molecule has 3 N–H and O–H groups in total. The maximum absolute atomic E-state index is 12.1. The lowest BCUT2D eigenvalue weighted by Crippen LogP contribution is -2.53. The number of carbonyl (C=O) groups is 1. The molecule has 5 nitrogen and oxygen atoms in total. The van der Waals surface area contributed by atoms with E-state index in [0.717, 1.165) is 0 Å². The van der Waals surface area contributed by atoms with Crippen molar-refractivity contribution in [1.29, 1.82) is 0 Å². The van der Waals surface area contributed by atoms with Gasteiger partial charge in [-0.2, -0.15) is 0 Å². The molecule has 0 aliphatic carbocycles. The molecule has 2 atom stereocenters. The molecule has 0 saturated carbocycles. The molecular formula is C10H23BN2O3. The largest absolute Gasteiger partial charge is 0.437 e. The average Bonchev–Trinajstić information content (AvgIpc) is 2.25. The summed E-state index contributed by atoms with van der Waals surface area (Å²) in [4.78, 5) is 13.7. The number of rotatable bonds is 7. The maximum Gasteiger partial charge on any atom is 0.374 e. The maximum atomic E-state index is 12.1. The Morgan fingerprint density at radius 3 is 2.38 bits per heavy atom. The number of aliphatic hydroxyl groups is 1. The number of amides is 1. The van der Waals surface area contributed by atoms with Crippen molar-refractivity contribution in [1.82, 2.24) is 10.1 Å². The van der Waals surface area contributed by atoms with Crippen molar-refractivity contribution in [2.45, 2.75) is 46.1 Å². The van der Waals surface area contributed by atoms with E-state index in [-0.39, 0.29) is 18.6 Å². The molecule has 0 aromatic carbocycles. The normalized spacial score (nSPS) is 14.4. The van der Waals surface area contributed by atoms with E-state index in [0.29, 0.717) is 13.0 Å². The SMILES string of the molecule is CC[C@@H](NB(C)O)C(=O)N(CC)[C@@H](C)CO. The van der Waals surface area contributed by atoms with Crippen LogP contribution in [0.4, 0.5) is 0 Å². The van der Waals surface area contributed by atoms with Crippen molar-refractivity contribution in [3.63, 3.8) is 0 Å². The highest BCUT2D eigenvalue weighted by atomic mass is 16.3. The first kappa shape index (κ1) is 15.4. The van der Waals surface area contributed by atoms with E-state index in [2.05, 4.69) is 5.23 Å². The van der Waals surface area contributed by atoms with E-state index in [1.165, 1.54) is 0 Å². The number of aliphatic hydroxyl groups excluding tert-OH is 1. The fourth-order valence-corrected chi connectivity index (χ4v) is 1.64. The Morgan fingerprint density at radius 1 is 1.50 bits per heavy atom. The molecule has 0 bridgehead atoms. The zero-order valence-corrected chi connectivity index (χ0v) is 10.6. The number of carbonyl (C=O) groups excluding carboxylic acids is 1. The Morgan fingerprint density at radius 2 is 2.06 bits per heavy atom. The highest BCUT2D eigenvalue weighted by Crippen LogP contribution is 2.04. The van der Waals surface area contributed by atoms with Crippen molar-refractivity contribution in [3.05, 3.63) is 0 Å². The molecule has 0 saturated heterocycles. The molecule has 0 aliphatic rings. The van der Waals surface area contributed by atoms with Crippen molar-refractivity contribution in [2.24, 2.45) is 0 Å². The van der Waals surface area contributed by atoms with Gasteiger partial charge in [-0.15, -0.1) is 0 Å². The standard InChI is InChI=1S/C10H23BN2O3/c1-5-9(12-11(4)16)10(15)13(6-2)8(3)7-14/h8-9,12,14,16H,5-7H2,1-4H3/t8-,9+/m0/s1. The van der Waals surface area contributed by atoms with E-state index < -0.39 is 13.1 Å². The predicted molar refractivity (Wildman–Crippen MR) is 65.0 cm³/mol. The van der Waals surface area contributed by atoms with Crippen LogP contribution in [0.2, 0.25) is 6.82 Å². The van der Waals surface area contributed by atoms with Gasteiger partial charge in [0.1, 0.15) is 0 Å². The van der Waals surface area contributed by atoms with Crippen molar-refractivity contribution in [2.75, 3.05) is 13.2 Å². The second kappa shape index (κ2) is 7.65. The molecule has 0 aromatic rings. The topological polar surface area (TPSA) is 72.8 Å². The molecule has 0 heterocycles. The average molecular weight is 230 g/mol. The lowest BCUT2D eigenvalue weighted by Gasteiger charge is -2.30. The van der Waals surface area contributed by atoms with Crippen molar-refractivity contribution in [3.8, 4) is 0 Å². The van der Waals surface area contributed by atoms with Crippen LogP contribution >= 0.6 is 0 Å². The number of likely N-dealkylation sites (N-methyl/N-ethyl adjacent to an activating group) is 1. The fourth-order valence-electron chi connectivity index (χ4n) is 1.64. The minimum atomic E-state index is -0.711. The minimum absolute atomic E-state index is 0.0509. The van der Waals surface area contributed by atoms with Crippen molar-refractivity contribution < 1.29 is 14.9 Å². The fraction of sp³-hybridized carbons (Fsp3) is 0.900. The molecule has 1 amide bonds. The molecule has 0 spiro atoms. The molecule has 0 rings (SSSR count). The predicted octanol–water partition coefficient (Wildman–Crippen LogP) is -0.306. The summed E-state index contributed by atoms with van der Waals surface area (Å²) in [6, 6.07) is -0.587. The van der Waals surface area contributed by atoms with Gasteiger partial charge in [-0.05, 0) is 27.1 Å². The van der Waals surface area contributed by atoms with E-state index in [4.69, 9.17) is 5.11 Å². The first-order chi connectivity index (χ1) is 7.47. The summed E-state index contributed by atoms with van der Waals surface area (Å²) in [7, 11) is -0.711. The van der Waals surface area contributed by atoms with Gasteiger partial charge in [0.2, 0.25) is 5.91 Å². The van der Waals surface area contributed by atoms with Crippen LogP contribution in [0.3, 0.4) is 0 Å². The van der Waals surface area contributed by atoms with Gasteiger partial charge in [0.25, 0.3) is 0 Å². The van der Waals surface area contributed by atoms with Gasteiger partial charge >= 0.3 is 7.05 Å². The Kier molecular flexibility index (Phi) is 7.37. The third-order valence-corrected chi connectivity index (χ3v) is 2.57. The highest BCUT2D eigenvalue weighted by molar-refractivity contribution is 6.46. The lowest BCUT2D eigenvalue weighted by atomic mass is 9.86. The van der Waals surface area contributed by atoms with Gasteiger partial charge in [-0.1, -0.05) is 6.92 Å². The van der Waals surface area contributed by atoms with Crippen LogP contribution in [0.25, 0.3) is 0 Å². The minimum Gasteiger partial charge on any atom is -0.437 e. The van der Waals surface area contributed by atoms with Crippen molar-refractivity contribution >= 4 is 13.0 Å². The smallest absolute Gasteiger partial charge is 0.374 e. The van der Waals surface area contributed by atoms with Crippen LogP contribution in [-0.2, 0) is 4.79 Å². The van der Waals surface area contributed by atoms with Crippen LogP contribution in [0.1, 0.15) is 27.2 Å². The number of nitrogens with zero attached hydrogens (tertiary/aromatic N) is 1. The molecule has 0 aromatic heterocycles. The van der Waals surface area contributed by atoms with Crippen LogP contribution in [0.5, 0.6) is 0 Å². The molecular weight excluding hydrogens is 207 g/mol. The van der Waals surface area contributed by atoms with Gasteiger partial charge in [0.05, 0.1) is 18.7 Å². The van der Waals surface area contributed by atoms with Gasteiger partial charge in [0.15, 0.2) is 0 Å².